The van der Waals surface area contributed by atoms with Gasteiger partial charge >= 0.3 is 12.3 Å². The van der Waals surface area contributed by atoms with Gasteiger partial charge in [0, 0.05) is 0 Å². The van der Waals surface area contributed by atoms with Crippen LogP contribution < -0.4 is 10.0 Å². The molecule has 4 nitrogen and oxygen atoms in total. The van der Waals surface area contributed by atoms with E-state index >= 15 is 0 Å². The summed E-state index contributed by atoms with van der Waals surface area (Å²) < 4.78 is 74.7. The van der Waals surface area contributed by atoms with Crippen LogP contribution in [-0.2, 0) is 10.0 Å². The Labute approximate surface area is 107 Å². The first kappa shape index (κ1) is 15.7. The molecule has 0 heterocycles. The van der Waals surface area contributed by atoms with E-state index in [1.165, 1.54) is 24.3 Å². The number of halogens is 4. The maximum absolute atomic E-state index is 12.8. The molecule has 0 aromatic heterocycles. The third kappa shape index (κ3) is 3.80. The van der Waals surface area contributed by atoms with Crippen LogP contribution in [0, 0.1) is 0 Å². The number of rotatable bonds is 6. The fraction of sp³-hybridized carbons (Fsp3) is 0.400. The molecule has 0 aliphatic carbocycles. The molecular weight excluding hydrogens is 288 g/mol. The largest absolute Gasteiger partial charge is 0.378 e. The number of para-hydroxylation sites is 1. The van der Waals surface area contributed by atoms with Gasteiger partial charge in [0.1, 0.15) is 4.90 Å². The van der Waals surface area contributed by atoms with Crippen LogP contribution in [-0.4, -0.2) is 34.4 Å². The molecule has 1 rings (SSSR count). The third-order valence-electron chi connectivity index (χ3n) is 2.28. The highest BCUT2D eigenvalue weighted by molar-refractivity contribution is 7.89. The molecule has 0 radical (unpaired) electrons. The first-order chi connectivity index (χ1) is 8.70. The Morgan fingerprint density at radius 1 is 1.26 bits per heavy atom. The minimum Gasteiger partial charge on any atom is -0.378 e. The van der Waals surface area contributed by atoms with E-state index in [4.69, 9.17) is 0 Å². The lowest BCUT2D eigenvalue weighted by Gasteiger charge is -2.18. The SMILES string of the molecule is CNS(=O)(=O)c1ccccc1NCC(F)(F)C(F)F. The van der Waals surface area contributed by atoms with Crippen LogP contribution in [0.3, 0.4) is 0 Å². The van der Waals surface area contributed by atoms with Crippen molar-refractivity contribution >= 4 is 15.7 Å². The summed E-state index contributed by atoms with van der Waals surface area (Å²) in [6.45, 7) is -1.36. The zero-order valence-electron chi connectivity index (χ0n) is 9.83. The van der Waals surface area contributed by atoms with Crippen LogP contribution in [0.2, 0.25) is 0 Å². The van der Waals surface area contributed by atoms with Gasteiger partial charge < -0.3 is 5.32 Å². The third-order valence-corrected chi connectivity index (χ3v) is 3.75. The van der Waals surface area contributed by atoms with Crippen molar-refractivity contribution < 1.29 is 26.0 Å². The van der Waals surface area contributed by atoms with Crippen LogP contribution in [0.25, 0.3) is 0 Å². The normalized spacial score (nSPS) is 12.7. The average molecular weight is 300 g/mol. The summed E-state index contributed by atoms with van der Waals surface area (Å²) in [4.78, 5) is -0.289. The van der Waals surface area contributed by atoms with Crippen LogP contribution in [0.1, 0.15) is 0 Å². The molecule has 9 heteroatoms. The van der Waals surface area contributed by atoms with Crippen molar-refractivity contribution in [1.82, 2.24) is 4.72 Å². The van der Waals surface area contributed by atoms with Crippen molar-refractivity contribution in [3.63, 3.8) is 0 Å². The average Bonchev–Trinajstić information content (AvgIpc) is 2.36. The van der Waals surface area contributed by atoms with Gasteiger partial charge in [-0.15, -0.1) is 0 Å². The maximum atomic E-state index is 12.8. The van der Waals surface area contributed by atoms with Crippen molar-refractivity contribution in [2.45, 2.75) is 17.2 Å². The number of nitrogens with one attached hydrogen (secondary N) is 2. The quantitative estimate of drug-likeness (QED) is 0.789. The van der Waals surface area contributed by atoms with Gasteiger partial charge in [0.15, 0.2) is 0 Å². The molecule has 0 atom stereocenters. The molecule has 0 bridgehead atoms. The minimum absolute atomic E-state index is 0.169. The van der Waals surface area contributed by atoms with Gasteiger partial charge in [-0.05, 0) is 19.2 Å². The van der Waals surface area contributed by atoms with Crippen LogP contribution in [0.5, 0.6) is 0 Å². The first-order valence-electron chi connectivity index (χ1n) is 5.13. The molecule has 1 aromatic rings. The van der Waals surface area contributed by atoms with E-state index in [-0.39, 0.29) is 10.6 Å². The van der Waals surface area contributed by atoms with Crippen LogP contribution in [0.4, 0.5) is 23.2 Å². The van der Waals surface area contributed by atoms with E-state index < -0.39 is 28.9 Å². The molecule has 1 aromatic carbocycles. The maximum Gasteiger partial charge on any atom is 0.324 e. The van der Waals surface area contributed by atoms with Gasteiger partial charge in [0.25, 0.3) is 0 Å². The Morgan fingerprint density at radius 3 is 2.37 bits per heavy atom. The molecule has 19 heavy (non-hydrogen) atoms. The van der Waals surface area contributed by atoms with Gasteiger partial charge in [0.2, 0.25) is 10.0 Å². The van der Waals surface area contributed by atoms with Gasteiger partial charge in [-0.3, -0.25) is 0 Å². The highest BCUT2D eigenvalue weighted by atomic mass is 32.2. The smallest absolute Gasteiger partial charge is 0.324 e. The van der Waals surface area contributed by atoms with E-state index in [9.17, 15) is 26.0 Å². The van der Waals surface area contributed by atoms with Gasteiger partial charge in [-0.25, -0.2) is 21.9 Å². The molecule has 0 spiro atoms. The summed E-state index contributed by atoms with van der Waals surface area (Å²) in [7, 11) is -2.71. The lowest BCUT2D eigenvalue weighted by molar-refractivity contribution is -0.117. The minimum atomic E-state index is -4.24. The Bertz CT molecular complexity index is 534. The van der Waals surface area contributed by atoms with E-state index in [2.05, 4.69) is 0 Å². The number of benzene rings is 1. The van der Waals surface area contributed by atoms with E-state index in [0.29, 0.717) is 0 Å². The van der Waals surface area contributed by atoms with Crippen LogP contribution >= 0.6 is 0 Å². The van der Waals surface area contributed by atoms with Crippen LogP contribution in [0.15, 0.2) is 29.2 Å². The predicted molar refractivity (Wildman–Crippen MR) is 62.1 cm³/mol. The Hall–Kier alpha value is -1.35. The van der Waals surface area contributed by atoms with Crippen molar-refractivity contribution in [2.24, 2.45) is 0 Å². The Morgan fingerprint density at radius 2 is 1.84 bits per heavy atom. The van der Waals surface area contributed by atoms with E-state index in [0.717, 1.165) is 7.05 Å². The van der Waals surface area contributed by atoms with Gasteiger partial charge in [-0.1, -0.05) is 12.1 Å². The predicted octanol–water partition coefficient (Wildman–Crippen LogP) is 1.91. The standard InChI is InChI=1S/C10H12F4N2O2S/c1-15-19(17,18)8-5-3-2-4-7(8)16-6-10(13,14)9(11)12/h2-5,9,15-16H,6H2,1H3. The van der Waals surface area contributed by atoms with Gasteiger partial charge in [0.05, 0.1) is 12.2 Å². The number of hydrogen-bond acceptors (Lipinski definition) is 3. The molecule has 108 valence electrons. The molecule has 0 aliphatic heterocycles. The first-order valence-corrected chi connectivity index (χ1v) is 6.61. The lowest BCUT2D eigenvalue weighted by Crippen LogP contribution is -2.35. The second-order valence-corrected chi connectivity index (χ2v) is 5.47. The highest BCUT2D eigenvalue weighted by Crippen LogP contribution is 2.26. The summed E-state index contributed by atoms with van der Waals surface area (Å²) in [5.41, 5.74) is -0.169. The molecular formula is C10H12F4N2O2S. The van der Waals surface area contributed by atoms with Crippen molar-refractivity contribution in [3.05, 3.63) is 24.3 Å². The molecule has 0 unspecified atom stereocenters. The van der Waals surface area contributed by atoms with Gasteiger partial charge in [-0.2, -0.15) is 8.78 Å². The highest BCUT2D eigenvalue weighted by Gasteiger charge is 2.40. The number of alkyl halides is 4. The molecule has 0 fully saturated rings. The monoisotopic (exact) mass is 300 g/mol. The molecule has 0 saturated carbocycles. The molecule has 0 saturated heterocycles. The molecule has 0 amide bonds. The second-order valence-electron chi connectivity index (χ2n) is 3.62. The summed E-state index contributed by atoms with van der Waals surface area (Å²) >= 11 is 0. The fourth-order valence-corrected chi connectivity index (χ4v) is 2.15. The Kier molecular flexibility index (Phi) is 4.75. The second kappa shape index (κ2) is 5.74. The number of hydrogen-bond donors (Lipinski definition) is 2. The summed E-state index contributed by atoms with van der Waals surface area (Å²) in [6, 6.07) is 5.18. The zero-order valence-corrected chi connectivity index (χ0v) is 10.6. The van der Waals surface area contributed by atoms with Crippen molar-refractivity contribution in [1.29, 1.82) is 0 Å². The number of sulfonamides is 1. The summed E-state index contributed by atoms with van der Waals surface area (Å²) in [5, 5.41) is 2.03. The van der Waals surface area contributed by atoms with Crippen molar-refractivity contribution in [2.75, 3.05) is 18.9 Å². The summed E-state index contributed by atoms with van der Waals surface area (Å²) in [6.07, 6.45) is -3.83. The lowest BCUT2D eigenvalue weighted by atomic mass is 10.3. The number of anilines is 1. The molecule has 2 N–H and O–H groups in total. The Balaban J connectivity index is 2.98. The van der Waals surface area contributed by atoms with Crippen molar-refractivity contribution in [3.8, 4) is 0 Å². The molecule has 0 aliphatic rings. The van der Waals surface area contributed by atoms with E-state index in [1.54, 1.807) is 0 Å². The topological polar surface area (TPSA) is 58.2 Å². The fourth-order valence-electron chi connectivity index (χ4n) is 1.25. The van der Waals surface area contributed by atoms with E-state index in [1.807, 2.05) is 10.0 Å². The summed E-state index contributed by atoms with van der Waals surface area (Å²) in [5.74, 6) is -4.24. The zero-order chi connectivity index (χ0) is 14.7.